The smallest absolute Gasteiger partial charge is 0.106 e. The van der Waals surface area contributed by atoms with Gasteiger partial charge >= 0.3 is 0 Å². The fraction of sp³-hybridized carbons (Fsp3) is 0.500. The maximum Gasteiger partial charge on any atom is 0.106 e. The minimum Gasteiger partial charge on any atom is -0.389 e. The minimum atomic E-state index is -0.0818. The van der Waals surface area contributed by atoms with Gasteiger partial charge in [0.15, 0.2) is 0 Å². The maximum absolute atomic E-state index is 5.79. The van der Waals surface area contributed by atoms with Crippen molar-refractivity contribution in [1.82, 2.24) is 0 Å². The highest BCUT2D eigenvalue weighted by Gasteiger charge is 2.31. The van der Waals surface area contributed by atoms with Crippen molar-refractivity contribution in [2.45, 2.75) is 25.4 Å². The van der Waals surface area contributed by atoms with Gasteiger partial charge in [0, 0.05) is 31.5 Å². The molecule has 18 heavy (non-hydrogen) atoms. The van der Waals surface area contributed by atoms with Gasteiger partial charge in [0.2, 0.25) is 0 Å². The molecule has 1 unspecified atom stereocenters. The van der Waals surface area contributed by atoms with E-state index in [4.69, 9.17) is 22.7 Å². The van der Waals surface area contributed by atoms with Gasteiger partial charge in [0.1, 0.15) is 4.99 Å². The molecule has 2 N–H and O–H groups in total. The molecule has 0 amide bonds. The molecule has 1 aromatic carbocycles. The zero-order valence-corrected chi connectivity index (χ0v) is 11.8. The molecule has 3 nitrogen and oxygen atoms in total. The molecule has 1 atom stereocenters. The molecule has 98 valence electrons. The third-order valence-corrected chi connectivity index (χ3v) is 3.88. The van der Waals surface area contributed by atoms with E-state index < -0.39 is 0 Å². The lowest BCUT2D eigenvalue weighted by molar-refractivity contribution is -0.00465. The second kappa shape index (κ2) is 5.24. The van der Waals surface area contributed by atoms with Gasteiger partial charge in [0.25, 0.3) is 0 Å². The molecule has 0 radical (unpaired) electrons. The molecule has 1 aliphatic heterocycles. The predicted octanol–water partition coefficient (Wildman–Crippen LogP) is 2.33. The highest BCUT2D eigenvalue weighted by atomic mass is 32.1. The second-order valence-electron chi connectivity index (χ2n) is 5.06. The first kappa shape index (κ1) is 13.3. The standard InChI is InChI=1S/C14H20N2OS/c1-14(17-2)8-5-9-16(10-14)12-7-4-3-6-11(12)13(15)18/h3-4,6-7H,5,8-10H2,1-2H3,(H2,15,18). The largest absolute Gasteiger partial charge is 0.389 e. The normalized spacial score (nSPS) is 24.0. The molecular formula is C14H20N2OS. The molecular weight excluding hydrogens is 244 g/mol. The molecule has 1 fully saturated rings. The van der Waals surface area contributed by atoms with Gasteiger partial charge in [-0.05, 0) is 31.9 Å². The van der Waals surface area contributed by atoms with Crippen LogP contribution in [0.4, 0.5) is 5.69 Å². The molecule has 1 saturated heterocycles. The van der Waals surface area contributed by atoms with Crippen LogP contribution in [0.1, 0.15) is 25.3 Å². The van der Waals surface area contributed by atoms with E-state index in [1.54, 1.807) is 7.11 Å². The van der Waals surface area contributed by atoms with Crippen LogP contribution in [0.25, 0.3) is 0 Å². The Morgan fingerprint density at radius 1 is 1.44 bits per heavy atom. The fourth-order valence-electron chi connectivity index (χ4n) is 2.54. The Labute approximate surface area is 114 Å². The Bertz CT molecular complexity index is 449. The second-order valence-corrected chi connectivity index (χ2v) is 5.50. The van der Waals surface area contributed by atoms with Crippen molar-refractivity contribution in [2.24, 2.45) is 5.73 Å². The topological polar surface area (TPSA) is 38.5 Å². The number of hydrogen-bond donors (Lipinski definition) is 1. The van der Waals surface area contributed by atoms with Gasteiger partial charge in [-0.2, -0.15) is 0 Å². The van der Waals surface area contributed by atoms with Crippen molar-refractivity contribution in [3.05, 3.63) is 29.8 Å². The number of benzene rings is 1. The van der Waals surface area contributed by atoms with E-state index >= 15 is 0 Å². The molecule has 0 aromatic heterocycles. The van der Waals surface area contributed by atoms with Gasteiger partial charge < -0.3 is 15.4 Å². The van der Waals surface area contributed by atoms with Crippen LogP contribution < -0.4 is 10.6 Å². The summed E-state index contributed by atoms with van der Waals surface area (Å²) in [4.78, 5) is 2.77. The summed E-state index contributed by atoms with van der Waals surface area (Å²) in [5, 5.41) is 0. The van der Waals surface area contributed by atoms with Crippen molar-refractivity contribution in [3.8, 4) is 0 Å². The lowest BCUT2D eigenvalue weighted by Crippen LogP contribution is -2.48. The molecule has 0 spiro atoms. The molecule has 2 rings (SSSR count). The van der Waals surface area contributed by atoms with E-state index in [0.717, 1.165) is 37.2 Å². The molecule has 0 bridgehead atoms. The first-order valence-electron chi connectivity index (χ1n) is 6.25. The average molecular weight is 264 g/mol. The maximum atomic E-state index is 5.79. The summed E-state index contributed by atoms with van der Waals surface area (Å²) in [6.07, 6.45) is 2.21. The number of piperidine rings is 1. The molecule has 0 aliphatic carbocycles. The number of ether oxygens (including phenoxy) is 1. The van der Waals surface area contributed by atoms with Crippen LogP contribution in [-0.2, 0) is 4.74 Å². The Morgan fingerprint density at radius 3 is 2.83 bits per heavy atom. The van der Waals surface area contributed by atoms with Crippen molar-refractivity contribution < 1.29 is 4.74 Å². The van der Waals surface area contributed by atoms with E-state index in [1.165, 1.54) is 0 Å². The van der Waals surface area contributed by atoms with E-state index in [2.05, 4.69) is 17.9 Å². The first-order valence-corrected chi connectivity index (χ1v) is 6.65. The number of hydrogen-bond acceptors (Lipinski definition) is 3. The number of methoxy groups -OCH3 is 1. The van der Waals surface area contributed by atoms with Crippen LogP contribution in [-0.4, -0.2) is 30.8 Å². The Hall–Kier alpha value is -1.13. The van der Waals surface area contributed by atoms with Crippen molar-refractivity contribution >= 4 is 22.9 Å². The van der Waals surface area contributed by atoms with E-state index in [9.17, 15) is 0 Å². The monoisotopic (exact) mass is 264 g/mol. The highest BCUT2D eigenvalue weighted by molar-refractivity contribution is 7.80. The summed E-state index contributed by atoms with van der Waals surface area (Å²) >= 11 is 5.12. The molecule has 1 aromatic rings. The first-order chi connectivity index (χ1) is 8.56. The zero-order valence-electron chi connectivity index (χ0n) is 11.0. The SMILES string of the molecule is COC1(C)CCCN(c2ccccc2C(N)=S)C1. The highest BCUT2D eigenvalue weighted by Crippen LogP contribution is 2.29. The molecule has 0 saturated carbocycles. The fourth-order valence-corrected chi connectivity index (χ4v) is 2.71. The third kappa shape index (κ3) is 2.65. The molecule has 4 heteroatoms. The van der Waals surface area contributed by atoms with Crippen LogP contribution in [0.15, 0.2) is 24.3 Å². The van der Waals surface area contributed by atoms with Crippen LogP contribution in [0.2, 0.25) is 0 Å². The van der Waals surface area contributed by atoms with Gasteiger partial charge in [-0.25, -0.2) is 0 Å². The summed E-state index contributed by atoms with van der Waals surface area (Å²) < 4.78 is 5.62. The summed E-state index contributed by atoms with van der Waals surface area (Å²) in [5.41, 5.74) is 7.78. The van der Waals surface area contributed by atoms with Gasteiger partial charge in [-0.3, -0.25) is 0 Å². The summed E-state index contributed by atoms with van der Waals surface area (Å²) in [6.45, 7) is 4.06. The Morgan fingerprint density at radius 2 is 2.17 bits per heavy atom. The van der Waals surface area contributed by atoms with Crippen LogP contribution in [0, 0.1) is 0 Å². The van der Waals surface area contributed by atoms with Crippen molar-refractivity contribution in [1.29, 1.82) is 0 Å². The number of para-hydroxylation sites is 1. The number of nitrogens with zero attached hydrogens (tertiary/aromatic N) is 1. The van der Waals surface area contributed by atoms with Crippen LogP contribution in [0.5, 0.6) is 0 Å². The Kier molecular flexibility index (Phi) is 3.88. The Balaban J connectivity index is 2.29. The van der Waals surface area contributed by atoms with Crippen molar-refractivity contribution in [3.63, 3.8) is 0 Å². The van der Waals surface area contributed by atoms with Crippen molar-refractivity contribution in [2.75, 3.05) is 25.1 Å². The number of thiocarbonyl (C=S) groups is 1. The third-order valence-electron chi connectivity index (χ3n) is 3.66. The molecule has 1 heterocycles. The molecule has 1 aliphatic rings. The summed E-state index contributed by atoms with van der Waals surface area (Å²) in [5.74, 6) is 0. The quantitative estimate of drug-likeness (QED) is 0.850. The number of rotatable bonds is 3. The number of nitrogens with two attached hydrogens (primary N) is 1. The van der Waals surface area contributed by atoms with Gasteiger partial charge in [-0.1, -0.05) is 24.4 Å². The van der Waals surface area contributed by atoms with E-state index in [-0.39, 0.29) is 5.60 Å². The lowest BCUT2D eigenvalue weighted by atomic mass is 9.94. The summed E-state index contributed by atoms with van der Waals surface area (Å²) in [7, 11) is 1.78. The number of anilines is 1. The zero-order chi connectivity index (χ0) is 13.2. The van der Waals surface area contributed by atoms with Crippen LogP contribution in [0.3, 0.4) is 0 Å². The van der Waals surface area contributed by atoms with E-state index in [1.807, 2.05) is 18.2 Å². The van der Waals surface area contributed by atoms with Gasteiger partial charge in [0.05, 0.1) is 5.60 Å². The average Bonchev–Trinajstić information content (AvgIpc) is 2.39. The van der Waals surface area contributed by atoms with Crippen LogP contribution >= 0.6 is 12.2 Å². The minimum absolute atomic E-state index is 0.0818. The summed E-state index contributed by atoms with van der Waals surface area (Å²) in [6, 6.07) is 8.06. The predicted molar refractivity (Wildman–Crippen MR) is 79.2 cm³/mol. The van der Waals surface area contributed by atoms with Gasteiger partial charge in [-0.15, -0.1) is 0 Å². The lowest BCUT2D eigenvalue weighted by Gasteiger charge is -2.41. The van der Waals surface area contributed by atoms with E-state index in [0.29, 0.717) is 4.99 Å².